The minimum atomic E-state index is 0.496. The molecule has 3 rings (SSSR count). The molecule has 4 heteroatoms. The molecule has 0 amide bonds. The van der Waals surface area contributed by atoms with Crippen LogP contribution < -0.4 is 4.74 Å². The zero-order valence-corrected chi connectivity index (χ0v) is 11.9. The Hall–Kier alpha value is -1.42. The summed E-state index contributed by atoms with van der Waals surface area (Å²) in [6, 6.07) is 8.62. The lowest BCUT2D eigenvalue weighted by Crippen LogP contribution is -2.09. The fraction of sp³-hybridized carbons (Fsp3) is 0.400. The molecule has 0 saturated carbocycles. The second-order valence-corrected chi connectivity index (χ2v) is 5.86. The summed E-state index contributed by atoms with van der Waals surface area (Å²) in [4.78, 5) is 1.40. The summed E-state index contributed by atoms with van der Waals surface area (Å²) < 4.78 is 7.81. The van der Waals surface area contributed by atoms with Gasteiger partial charge in [0, 0.05) is 23.1 Å². The molecular formula is C15H18N2OS. The van der Waals surface area contributed by atoms with Crippen molar-refractivity contribution in [1.82, 2.24) is 9.78 Å². The smallest absolute Gasteiger partial charge is 0.157 e. The molecule has 1 aliphatic heterocycles. The highest BCUT2D eigenvalue weighted by Gasteiger charge is 2.23. The van der Waals surface area contributed by atoms with E-state index in [4.69, 9.17) is 4.74 Å². The van der Waals surface area contributed by atoms with Crippen LogP contribution in [-0.2, 0) is 6.54 Å². The van der Waals surface area contributed by atoms with E-state index in [-0.39, 0.29) is 0 Å². The van der Waals surface area contributed by atoms with Crippen LogP contribution in [0.25, 0.3) is 0 Å². The van der Waals surface area contributed by atoms with Gasteiger partial charge in [-0.05, 0) is 18.1 Å². The molecule has 2 heterocycles. The molecule has 100 valence electrons. The number of benzene rings is 1. The Labute approximate surface area is 118 Å². The van der Waals surface area contributed by atoms with Gasteiger partial charge in [0.1, 0.15) is 0 Å². The maximum atomic E-state index is 5.88. The highest BCUT2D eigenvalue weighted by molar-refractivity contribution is 7.99. The molecule has 0 aliphatic carbocycles. The van der Waals surface area contributed by atoms with Gasteiger partial charge >= 0.3 is 0 Å². The van der Waals surface area contributed by atoms with E-state index in [0.29, 0.717) is 5.92 Å². The first-order valence-corrected chi connectivity index (χ1v) is 7.72. The fourth-order valence-corrected chi connectivity index (χ4v) is 3.57. The average molecular weight is 274 g/mol. The average Bonchev–Trinajstić information content (AvgIpc) is 3.04. The number of ether oxygens (including phenoxy) is 1. The summed E-state index contributed by atoms with van der Waals surface area (Å²) in [5.41, 5.74) is 1.42. The lowest BCUT2D eigenvalue weighted by atomic mass is 10.0. The number of rotatable bonds is 5. The van der Waals surface area contributed by atoms with Crippen LogP contribution in [0.1, 0.15) is 24.8 Å². The molecule has 1 unspecified atom stereocenters. The number of nitrogens with zero attached hydrogens (tertiary/aromatic N) is 2. The Balaban J connectivity index is 1.61. The van der Waals surface area contributed by atoms with Crippen LogP contribution in [0.2, 0.25) is 0 Å². The van der Waals surface area contributed by atoms with Crippen LogP contribution in [-0.4, -0.2) is 22.1 Å². The number of hydrogen-bond donors (Lipinski definition) is 0. The van der Waals surface area contributed by atoms with Crippen molar-refractivity contribution < 1.29 is 4.74 Å². The van der Waals surface area contributed by atoms with Gasteiger partial charge < -0.3 is 4.74 Å². The molecule has 0 bridgehead atoms. The van der Waals surface area contributed by atoms with Crippen LogP contribution in [0.15, 0.2) is 41.6 Å². The normalized spacial score (nSPS) is 17.4. The molecule has 0 fully saturated rings. The van der Waals surface area contributed by atoms with Crippen LogP contribution in [0.3, 0.4) is 0 Å². The third-order valence-electron chi connectivity index (χ3n) is 3.31. The maximum absolute atomic E-state index is 5.88. The monoisotopic (exact) mass is 274 g/mol. The highest BCUT2D eigenvalue weighted by atomic mass is 32.2. The molecule has 1 aromatic carbocycles. The van der Waals surface area contributed by atoms with Gasteiger partial charge in [-0.3, -0.25) is 4.68 Å². The van der Waals surface area contributed by atoms with Crippen molar-refractivity contribution in [2.75, 3.05) is 12.4 Å². The van der Waals surface area contributed by atoms with Crippen LogP contribution >= 0.6 is 11.8 Å². The van der Waals surface area contributed by atoms with Crippen molar-refractivity contribution in [3.8, 4) is 5.75 Å². The van der Waals surface area contributed by atoms with Gasteiger partial charge in [0.25, 0.3) is 0 Å². The third kappa shape index (κ3) is 2.78. The van der Waals surface area contributed by atoms with E-state index in [9.17, 15) is 0 Å². The minimum absolute atomic E-state index is 0.496. The second-order valence-electron chi connectivity index (χ2n) is 4.80. The van der Waals surface area contributed by atoms with E-state index >= 15 is 0 Å². The first kappa shape index (κ1) is 12.6. The summed E-state index contributed by atoms with van der Waals surface area (Å²) in [7, 11) is 0. The zero-order chi connectivity index (χ0) is 13.1. The van der Waals surface area contributed by atoms with Crippen molar-refractivity contribution in [2.45, 2.75) is 30.7 Å². The Morgan fingerprint density at radius 1 is 1.42 bits per heavy atom. The van der Waals surface area contributed by atoms with E-state index in [0.717, 1.165) is 31.1 Å². The Bertz CT molecular complexity index is 553. The lowest BCUT2D eigenvalue weighted by molar-refractivity contribution is 0.297. The summed E-state index contributed by atoms with van der Waals surface area (Å²) >= 11 is 1.92. The first-order valence-electron chi connectivity index (χ1n) is 6.74. The van der Waals surface area contributed by atoms with E-state index < -0.39 is 0 Å². The predicted octanol–water partition coefficient (Wildman–Crippen LogP) is 3.56. The second kappa shape index (κ2) is 5.70. The Morgan fingerprint density at radius 3 is 3.21 bits per heavy atom. The van der Waals surface area contributed by atoms with E-state index in [1.807, 2.05) is 28.8 Å². The van der Waals surface area contributed by atoms with Crippen LogP contribution in [0.4, 0.5) is 0 Å². The molecule has 19 heavy (non-hydrogen) atoms. The Morgan fingerprint density at radius 2 is 2.32 bits per heavy atom. The molecular weight excluding hydrogens is 256 g/mol. The summed E-state index contributed by atoms with van der Waals surface area (Å²) in [6.07, 6.45) is 4.88. The van der Waals surface area contributed by atoms with Crippen LogP contribution in [0.5, 0.6) is 5.75 Å². The first-order chi connectivity index (χ1) is 9.36. The van der Waals surface area contributed by atoms with Gasteiger partial charge in [-0.1, -0.05) is 25.1 Å². The Kier molecular flexibility index (Phi) is 3.78. The van der Waals surface area contributed by atoms with Gasteiger partial charge in [0.15, 0.2) is 5.75 Å². The number of aromatic nitrogens is 2. The number of hydrogen-bond acceptors (Lipinski definition) is 3. The highest BCUT2D eigenvalue weighted by Crippen LogP contribution is 2.39. The molecule has 3 nitrogen and oxygen atoms in total. The van der Waals surface area contributed by atoms with E-state index in [2.05, 4.69) is 36.3 Å². The maximum Gasteiger partial charge on any atom is 0.157 e. The zero-order valence-electron chi connectivity index (χ0n) is 11.1. The van der Waals surface area contributed by atoms with E-state index in [1.54, 1.807) is 0 Å². The number of thioether (sulfide) groups is 1. The minimum Gasteiger partial charge on any atom is -0.490 e. The van der Waals surface area contributed by atoms with Crippen molar-refractivity contribution in [3.05, 3.63) is 42.2 Å². The molecule has 1 atom stereocenters. The van der Waals surface area contributed by atoms with Gasteiger partial charge in [-0.25, -0.2) is 0 Å². The van der Waals surface area contributed by atoms with E-state index in [1.165, 1.54) is 10.5 Å². The molecule has 0 spiro atoms. The molecule has 0 saturated heterocycles. The topological polar surface area (TPSA) is 27.1 Å². The molecule has 0 radical (unpaired) electrons. The van der Waals surface area contributed by atoms with Gasteiger partial charge in [-0.2, -0.15) is 5.10 Å². The lowest BCUT2D eigenvalue weighted by Gasteiger charge is -2.11. The fourth-order valence-electron chi connectivity index (χ4n) is 2.33. The van der Waals surface area contributed by atoms with Gasteiger partial charge in [0.05, 0.1) is 19.0 Å². The number of aryl methyl sites for hydroxylation is 1. The summed E-state index contributed by atoms with van der Waals surface area (Å²) in [5, 5.41) is 4.28. The predicted molar refractivity (Wildman–Crippen MR) is 77.9 cm³/mol. The number of fused-ring (bicyclic) bond motifs is 1. The van der Waals surface area contributed by atoms with Crippen molar-refractivity contribution in [2.24, 2.45) is 0 Å². The summed E-state index contributed by atoms with van der Waals surface area (Å²) in [5.74, 6) is 2.49. The SMILES string of the molecule is CCCn1cc(OCC2CSc3ccccc32)cn1. The van der Waals surface area contributed by atoms with Crippen molar-refractivity contribution in [3.63, 3.8) is 0 Å². The summed E-state index contributed by atoms with van der Waals surface area (Å²) in [6.45, 7) is 3.84. The van der Waals surface area contributed by atoms with Gasteiger partial charge in [0.2, 0.25) is 0 Å². The standard InChI is InChI=1S/C15H18N2OS/c1-2-7-17-9-13(8-16-17)18-10-12-11-19-15-6-4-3-5-14(12)15/h3-6,8-9,12H,2,7,10-11H2,1H3. The van der Waals surface area contributed by atoms with Gasteiger partial charge in [-0.15, -0.1) is 11.8 Å². The largest absolute Gasteiger partial charge is 0.490 e. The van der Waals surface area contributed by atoms with Crippen molar-refractivity contribution >= 4 is 11.8 Å². The van der Waals surface area contributed by atoms with Crippen molar-refractivity contribution in [1.29, 1.82) is 0 Å². The van der Waals surface area contributed by atoms with Crippen LogP contribution in [0, 0.1) is 0 Å². The molecule has 2 aromatic rings. The quantitative estimate of drug-likeness (QED) is 0.834. The molecule has 1 aliphatic rings. The molecule has 0 N–H and O–H groups in total. The third-order valence-corrected chi connectivity index (χ3v) is 4.56. The molecule has 1 aromatic heterocycles.